The van der Waals surface area contributed by atoms with Gasteiger partial charge in [0.05, 0.1) is 0 Å². The Morgan fingerprint density at radius 1 is 1.12 bits per heavy atom. The summed E-state index contributed by atoms with van der Waals surface area (Å²) in [6.45, 7) is 4.56. The molecule has 92 valence electrons. The lowest BCUT2D eigenvalue weighted by atomic mass is 9.98. The molecule has 1 aliphatic heterocycles. The van der Waals surface area contributed by atoms with Gasteiger partial charge in [-0.2, -0.15) is 0 Å². The first-order valence-corrected chi connectivity index (χ1v) is 6.84. The first-order valence-electron chi connectivity index (χ1n) is 6.84. The van der Waals surface area contributed by atoms with Gasteiger partial charge in [0, 0.05) is 24.3 Å². The monoisotopic (exact) mass is 230 g/mol. The van der Waals surface area contributed by atoms with Crippen molar-refractivity contribution in [2.24, 2.45) is 5.73 Å². The Hall–Kier alpha value is -1.02. The molecule has 0 spiro atoms. The molecule has 2 heteroatoms. The maximum atomic E-state index is 6.42. The van der Waals surface area contributed by atoms with Crippen LogP contribution in [0.25, 0.3) is 0 Å². The van der Waals surface area contributed by atoms with Crippen molar-refractivity contribution < 1.29 is 0 Å². The summed E-state index contributed by atoms with van der Waals surface area (Å²) in [5.41, 5.74) is 10.5. The molecule has 2 nitrogen and oxygen atoms in total. The minimum atomic E-state index is -0.0151. The highest BCUT2D eigenvalue weighted by Gasteiger charge is 2.42. The topological polar surface area (TPSA) is 29.3 Å². The standard InChI is InChI=1S/C15H22N2/c1-12-5-6-14(17-9-3-2-4-10-17)13(11-12)15(16)7-8-15/h5-6,11H,2-4,7-10,16H2,1H3. The number of hydrogen-bond donors (Lipinski definition) is 1. The predicted octanol–water partition coefficient (Wildman–Crippen LogP) is 2.93. The summed E-state index contributed by atoms with van der Waals surface area (Å²) in [7, 11) is 0. The van der Waals surface area contributed by atoms with Gasteiger partial charge >= 0.3 is 0 Å². The Morgan fingerprint density at radius 3 is 2.47 bits per heavy atom. The lowest BCUT2D eigenvalue weighted by Gasteiger charge is -2.32. The third kappa shape index (κ3) is 2.06. The van der Waals surface area contributed by atoms with Crippen LogP contribution in [0.15, 0.2) is 18.2 Å². The molecule has 3 rings (SSSR count). The van der Waals surface area contributed by atoms with Crippen LogP contribution in [0, 0.1) is 6.92 Å². The van der Waals surface area contributed by atoms with E-state index < -0.39 is 0 Å². The molecule has 1 heterocycles. The van der Waals surface area contributed by atoms with Crippen molar-refractivity contribution in [2.45, 2.75) is 44.6 Å². The van der Waals surface area contributed by atoms with Crippen LogP contribution in [-0.2, 0) is 5.54 Å². The van der Waals surface area contributed by atoms with Crippen molar-refractivity contribution >= 4 is 5.69 Å². The van der Waals surface area contributed by atoms with Crippen LogP contribution in [-0.4, -0.2) is 13.1 Å². The van der Waals surface area contributed by atoms with Gasteiger partial charge in [-0.25, -0.2) is 0 Å². The van der Waals surface area contributed by atoms with Gasteiger partial charge in [-0.05, 0) is 50.7 Å². The van der Waals surface area contributed by atoms with Gasteiger partial charge in [-0.15, -0.1) is 0 Å². The van der Waals surface area contributed by atoms with Crippen LogP contribution in [0.5, 0.6) is 0 Å². The van der Waals surface area contributed by atoms with E-state index in [1.54, 1.807) is 0 Å². The number of nitrogens with two attached hydrogens (primary N) is 1. The van der Waals surface area contributed by atoms with Crippen molar-refractivity contribution in [2.75, 3.05) is 18.0 Å². The van der Waals surface area contributed by atoms with Gasteiger partial charge < -0.3 is 10.6 Å². The Labute approximate surface area is 104 Å². The van der Waals surface area contributed by atoms with Gasteiger partial charge in [-0.1, -0.05) is 17.7 Å². The van der Waals surface area contributed by atoms with Gasteiger partial charge in [0.2, 0.25) is 0 Å². The van der Waals surface area contributed by atoms with E-state index >= 15 is 0 Å². The van der Waals surface area contributed by atoms with E-state index in [-0.39, 0.29) is 5.54 Å². The largest absolute Gasteiger partial charge is 0.371 e. The van der Waals surface area contributed by atoms with E-state index in [0.717, 1.165) is 12.8 Å². The second kappa shape index (κ2) is 4.02. The summed E-state index contributed by atoms with van der Waals surface area (Å²) in [6.07, 6.45) is 6.33. The summed E-state index contributed by atoms with van der Waals surface area (Å²) in [5.74, 6) is 0. The van der Waals surface area contributed by atoms with E-state index in [1.165, 1.54) is 49.2 Å². The molecular formula is C15H22N2. The summed E-state index contributed by atoms with van der Waals surface area (Å²) >= 11 is 0. The van der Waals surface area contributed by atoms with E-state index in [9.17, 15) is 0 Å². The second-order valence-electron chi connectivity index (χ2n) is 5.72. The minimum Gasteiger partial charge on any atom is -0.371 e. The van der Waals surface area contributed by atoms with Crippen LogP contribution >= 0.6 is 0 Å². The molecule has 2 aliphatic rings. The third-order valence-electron chi connectivity index (χ3n) is 4.17. The fourth-order valence-electron chi connectivity index (χ4n) is 2.86. The molecule has 1 saturated carbocycles. The Kier molecular flexibility index (Phi) is 2.62. The molecule has 1 aromatic carbocycles. The lowest BCUT2D eigenvalue weighted by molar-refractivity contribution is 0.573. The molecule has 2 fully saturated rings. The number of rotatable bonds is 2. The molecule has 1 aliphatic carbocycles. The number of benzene rings is 1. The Bertz CT molecular complexity index is 415. The average Bonchev–Trinajstić information content (AvgIpc) is 3.10. The maximum Gasteiger partial charge on any atom is 0.0432 e. The summed E-state index contributed by atoms with van der Waals surface area (Å²) in [6, 6.07) is 6.80. The van der Waals surface area contributed by atoms with E-state index in [1.807, 2.05) is 0 Å². The Balaban J connectivity index is 1.97. The summed E-state index contributed by atoms with van der Waals surface area (Å²) in [5, 5.41) is 0. The summed E-state index contributed by atoms with van der Waals surface area (Å²) in [4.78, 5) is 2.53. The van der Waals surface area contributed by atoms with Crippen LogP contribution in [0.3, 0.4) is 0 Å². The smallest absolute Gasteiger partial charge is 0.0432 e. The SMILES string of the molecule is Cc1ccc(N2CCCCC2)c(C2(N)CC2)c1. The highest BCUT2D eigenvalue weighted by atomic mass is 15.1. The zero-order valence-corrected chi connectivity index (χ0v) is 10.7. The van der Waals surface area contributed by atoms with E-state index in [2.05, 4.69) is 30.0 Å². The maximum absolute atomic E-state index is 6.42. The number of piperidine rings is 1. The van der Waals surface area contributed by atoms with Gasteiger partial charge in [0.15, 0.2) is 0 Å². The Morgan fingerprint density at radius 2 is 1.82 bits per heavy atom. The fourth-order valence-corrected chi connectivity index (χ4v) is 2.86. The van der Waals surface area contributed by atoms with Gasteiger partial charge in [0.1, 0.15) is 0 Å². The quantitative estimate of drug-likeness (QED) is 0.846. The molecule has 0 radical (unpaired) electrons. The molecule has 1 saturated heterocycles. The first kappa shape index (κ1) is 11.1. The molecule has 0 amide bonds. The molecule has 0 bridgehead atoms. The van der Waals surface area contributed by atoms with Crippen molar-refractivity contribution in [3.8, 4) is 0 Å². The number of aryl methyl sites for hydroxylation is 1. The fraction of sp³-hybridized carbons (Fsp3) is 0.600. The normalized spacial score (nSPS) is 22.6. The molecule has 17 heavy (non-hydrogen) atoms. The minimum absolute atomic E-state index is 0.0151. The molecule has 0 atom stereocenters. The number of anilines is 1. The zero-order valence-electron chi connectivity index (χ0n) is 10.7. The molecule has 1 aromatic rings. The first-order chi connectivity index (χ1) is 8.19. The van der Waals surface area contributed by atoms with Crippen LogP contribution in [0.1, 0.15) is 43.2 Å². The van der Waals surface area contributed by atoms with Crippen molar-refractivity contribution in [1.82, 2.24) is 0 Å². The number of nitrogens with zero attached hydrogens (tertiary/aromatic N) is 1. The van der Waals surface area contributed by atoms with Crippen LogP contribution < -0.4 is 10.6 Å². The molecular weight excluding hydrogens is 208 g/mol. The highest BCUT2D eigenvalue weighted by molar-refractivity contribution is 5.59. The average molecular weight is 230 g/mol. The van der Waals surface area contributed by atoms with Gasteiger partial charge in [0.25, 0.3) is 0 Å². The van der Waals surface area contributed by atoms with Crippen molar-refractivity contribution in [3.63, 3.8) is 0 Å². The lowest BCUT2D eigenvalue weighted by Crippen LogP contribution is -2.32. The highest BCUT2D eigenvalue weighted by Crippen LogP contribution is 2.47. The van der Waals surface area contributed by atoms with Crippen LogP contribution in [0.4, 0.5) is 5.69 Å². The molecule has 0 unspecified atom stereocenters. The second-order valence-corrected chi connectivity index (χ2v) is 5.72. The summed E-state index contributed by atoms with van der Waals surface area (Å²) < 4.78 is 0. The van der Waals surface area contributed by atoms with Crippen molar-refractivity contribution in [3.05, 3.63) is 29.3 Å². The third-order valence-corrected chi connectivity index (χ3v) is 4.17. The zero-order chi connectivity index (χ0) is 11.9. The number of hydrogen-bond acceptors (Lipinski definition) is 2. The predicted molar refractivity (Wildman–Crippen MR) is 72.3 cm³/mol. The van der Waals surface area contributed by atoms with E-state index in [4.69, 9.17) is 5.73 Å². The van der Waals surface area contributed by atoms with Gasteiger partial charge in [-0.3, -0.25) is 0 Å². The van der Waals surface area contributed by atoms with Crippen molar-refractivity contribution in [1.29, 1.82) is 0 Å². The van der Waals surface area contributed by atoms with Crippen LogP contribution in [0.2, 0.25) is 0 Å². The van der Waals surface area contributed by atoms with E-state index in [0.29, 0.717) is 0 Å². The molecule has 0 aromatic heterocycles. The molecule has 2 N–H and O–H groups in total.